The number of hydrogen-bond acceptors (Lipinski definition) is 3. The Balaban J connectivity index is 1.73. The van der Waals surface area contributed by atoms with Crippen LogP contribution < -0.4 is 10.6 Å². The molecule has 138 valence electrons. The lowest BCUT2D eigenvalue weighted by atomic mass is 10.1. The third kappa shape index (κ3) is 4.72. The first-order valence-corrected chi connectivity index (χ1v) is 9.40. The van der Waals surface area contributed by atoms with E-state index >= 15 is 0 Å². The second kappa shape index (κ2) is 8.33. The number of anilines is 1. The summed E-state index contributed by atoms with van der Waals surface area (Å²) in [6, 6.07) is 13.8. The van der Waals surface area contributed by atoms with Crippen molar-refractivity contribution in [1.29, 1.82) is 0 Å². The predicted octanol–water partition coefficient (Wildman–Crippen LogP) is 5.28. The zero-order valence-electron chi connectivity index (χ0n) is 14.3. The normalized spacial score (nSPS) is 11.7. The fraction of sp³-hybridized carbons (Fsp3) is 0.100. The maximum atomic E-state index is 13.0. The molecule has 7 heteroatoms. The Labute approximate surface area is 165 Å². The molecule has 0 aliphatic heterocycles. The molecule has 4 nitrogen and oxygen atoms in total. The Morgan fingerprint density at radius 3 is 2.48 bits per heavy atom. The molecule has 3 rings (SSSR count). The molecule has 2 aromatic carbocycles. The summed E-state index contributed by atoms with van der Waals surface area (Å²) in [6.45, 7) is 1.81. The Kier molecular flexibility index (Phi) is 5.88. The molecule has 1 heterocycles. The van der Waals surface area contributed by atoms with E-state index in [1.54, 1.807) is 48.7 Å². The van der Waals surface area contributed by atoms with Gasteiger partial charge in [-0.2, -0.15) is 0 Å². The lowest BCUT2D eigenvalue weighted by Crippen LogP contribution is -2.26. The molecule has 27 heavy (non-hydrogen) atoms. The summed E-state index contributed by atoms with van der Waals surface area (Å²) in [5.41, 5.74) is 1.50. The second-order valence-electron chi connectivity index (χ2n) is 5.87. The van der Waals surface area contributed by atoms with Gasteiger partial charge in [-0.3, -0.25) is 9.59 Å². The number of thiophene rings is 1. The summed E-state index contributed by atoms with van der Waals surface area (Å²) in [7, 11) is 0. The van der Waals surface area contributed by atoms with Gasteiger partial charge in [-0.05, 0) is 54.3 Å². The monoisotopic (exact) mass is 402 g/mol. The van der Waals surface area contributed by atoms with Crippen molar-refractivity contribution in [3.8, 4) is 0 Å². The summed E-state index contributed by atoms with van der Waals surface area (Å²) in [5.74, 6) is -0.944. The van der Waals surface area contributed by atoms with Gasteiger partial charge in [-0.1, -0.05) is 29.8 Å². The summed E-state index contributed by atoms with van der Waals surface area (Å²) in [5, 5.41) is 7.70. The van der Waals surface area contributed by atoms with Crippen molar-refractivity contribution in [1.82, 2.24) is 5.32 Å². The van der Waals surface area contributed by atoms with Crippen molar-refractivity contribution in [3.05, 3.63) is 86.8 Å². The SMILES string of the molecule is CC(NC(=O)c1ccc(Cl)c(NC(=O)c2cccs2)c1)c1ccc(F)cc1. The van der Waals surface area contributed by atoms with Crippen LogP contribution in [0.1, 0.15) is 38.6 Å². The van der Waals surface area contributed by atoms with Crippen LogP contribution in [0.4, 0.5) is 10.1 Å². The van der Waals surface area contributed by atoms with Gasteiger partial charge in [0, 0.05) is 5.56 Å². The van der Waals surface area contributed by atoms with Crippen LogP contribution in [-0.4, -0.2) is 11.8 Å². The smallest absolute Gasteiger partial charge is 0.265 e. The maximum absolute atomic E-state index is 13.0. The first kappa shape index (κ1) is 19.1. The third-order valence-corrected chi connectivity index (χ3v) is 5.14. The number of halogens is 2. The van der Waals surface area contributed by atoms with Gasteiger partial charge in [0.15, 0.2) is 0 Å². The van der Waals surface area contributed by atoms with Crippen LogP contribution in [0.15, 0.2) is 60.0 Å². The summed E-state index contributed by atoms with van der Waals surface area (Å²) >= 11 is 7.46. The number of amides is 2. The lowest BCUT2D eigenvalue weighted by Gasteiger charge is -2.15. The highest BCUT2D eigenvalue weighted by molar-refractivity contribution is 7.12. The molecule has 1 aromatic heterocycles. The molecule has 1 unspecified atom stereocenters. The number of hydrogen-bond donors (Lipinski definition) is 2. The van der Waals surface area contributed by atoms with Crippen molar-refractivity contribution >= 4 is 40.4 Å². The van der Waals surface area contributed by atoms with E-state index in [1.165, 1.54) is 29.5 Å². The van der Waals surface area contributed by atoms with Gasteiger partial charge in [0.25, 0.3) is 11.8 Å². The number of carbonyl (C=O) groups is 2. The third-order valence-electron chi connectivity index (χ3n) is 3.94. The van der Waals surface area contributed by atoms with Gasteiger partial charge in [0.2, 0.25) is 0 Å². The summed E-state index contributed by atoms with van der Waals surface area (Å²) < 4.78 is 13.0. The van der Waals surface area contributed by atoms with Crippen molar-refractivity contribution in [2.75, 3.05) is 5.32 Å². The van der Waals surface area contributed by atoms with Crippen molar-refractivity contribution in [2.45, 2.75) is 13.0 Å². The van der Waals surface area contributed by atoms with Crippen LogP contribution in [-0.2, 0) is 0 Å². The topological polar surface area (TPSA) is 58.2 Å². The molecule has 0 bridgehead atoms. The first-order valence-electron chi connectivity index (χ1n) is 8.15. The Morgan fingerprint density at radius 1 is 1.07 bits per heavy atom. The van der Waals surface area contributed by atoms with Crippen LogP contribution in [0, 0.1) is 5.82 Å². The van der Waals surface area contributed by atoms with Crippen LogP contribution in [0.2, 0.25) is 5.02 Å². The highest BCUT2D eigenvalue weighted by Crippen LogP contribution is 2.25. The van der Waals surface area contributed by atoms with E-state index in [9.17, 15) is 14.0 Å². The minimum absolute atomic E-state index is 0.288. The minimum atomic E-state index is -0.332. The van der Waals surface area contributed by atoms with Crippen LogP contribution >= 0.6 is 22.9 Å². The summed E-state index contributed by atoms with van der Waals surface area (Å²) in [6.07, 6.45) is 0. The van der Waals surface area contributed by atoms with Crippen LogP contribution in [0.3, 0.4) is 0 Å². The van der Waals surface area contributed by atoms with Gasteiger partial charge in [-0.15, -0.1) is 11.3 Å². The Morgan fingerprint density at radius 2 is 1.81 bits per heavy atom. The fourth-order valence-electron chi connectivity index (χ4n) is 2.47. The second-order valence-corrected chi connectivity index (χ2v) is 7.23. The van der Waals surface area contributed by atoms with Gasteiger partial charge in [-0.25, -0.2) is 4.39 Å². The molecular weight excluding hydrogens is 387 g/mol. The molecule has 0 radical (unpaired) electrons. The van der Waals surface area contributed by atoms with Gasteiger partial charge < -0.3 is 10.6 Å². The molecule has 0 fully saturated rings. The highest BCUT2D eigenvalue weighted by atomic mass is 35.5. The minimum Gasteiger partial charge on any atom is -0.346 e. The van der Waals surface area contributed by atoms with Crippen LogP contribution in [0.5, 0.6) is 0 Å². The van der Waals surface area contributed by atoms with E-state index in [0.29, 0.717) is 21.2 Å². The van der Waals surface area contributed by atoms with Gasteiger partial charge in [0.1, 0.15) is 5.82 Å². The average Bonchev–Trinajstić information content (AvgIpc) is 3.18. The lowest BCUT2D eigenvalue weighted by molar-refractivity contribution is 0.0938. The van der Waals surface area contributed by atoms with Gasteiger partial charge in [0.05, 0.1) is 21.6 Å². The fourth-order valence-corrected chi connectivity index (χ4v) is 3.25. The largest absolute Gasteiger partial charge is 0.346 e. The molecule has 0 aliphatic carbocycles. The molecule has 2 amide bonds. The molecule has 0 spiro atoms. The maximum Gasteiger partial charge on any atom is 0.265 e. The molecule has 0 saturated carbocycles. The first-order chi connectivity index (χ1) is 12.9. The highest BCUT2D eigenvalue weighted by Gasteiger charge is 2.15. The van der Waals surface area contributed by atoms with Crippen molar-refractivity contribution in [2.24, 2.45) is 0 Å². The van der Waals surface area contributed by atoms with E-state index in [0.717, 1.165) is 5.56 Å². The van der Waals surface area contributed by atoms with E-state index in [4.69, 9.17) is 11.6 Å². The molecule has 1 atom stereocenters. The van der Waals surface area contributed by atoms with E-state index in [2.05, 4.69) is 10.6 Å². The Bertz CT molecular complexity index is 959. The van der Waals surface area contributed by atoms with Gasteiger partial charge >= 0.3 is 0 Å². The Hall–Kier alpha value is -2.70. The predicted molar refractivity (Wildman–Crippen MR) is 106 cm³/mol. The molecule has 0 saturated heterocycles. The van der Waals surface area contributed by atoms with E-state index < -0.39 is 0 Å². The number of rotatable bonds is 5. The molecule has 0 aliphatic rings. The van der Waals surface area contributed by atoms with E-state index in [1.807, 2.05) is 0 Å². The number of nitrogens with one attached hydrogen (secondary N) is 2. The number of carbonyl (C=O) groups excluding carboxylic acids is 2. The standard InChI is InChI=1S/C20H16ClFN2O2S/c1-12(13-4-7-15(22)8-5-13)23-19(25)14-6-9-16(21)17(11-14)24-20(26)18-3-2-10-27-18/h2-12H,1H3,(H,23,25)(H,24,26). The average molecular weight is 403 g/mol. The number of benzene rings is 2. The molecular formula is C20H16ClFN2O2S. The zero-order valence-corrected chi connectivity index (χ0v) is 15.9. The van der Waals surface area contributed by atoms with Crippen molar-refractivity contribution in [3.63, 3.8) is 0 Å². The quantitative estimate of drug-likeness (QED) is 0.609. The van der Waals surface area contributed by atoms with Crippen molar-refractivity contribution < 1.29 is 14.0 Å². The summed E-state index contributed by atoms with van der Waals surface area (Å²) in [4.78, 5) is 25.3. The van der Waals surface area contributed by atoms with E-state index in [-0.39, 0.29) is 23.7 Å². The molecule has 2 N–H and O–H groups in total. The van der Waals surface area contributed by atoms with Crippen LogP contribution in [0.25, 0.3) is 0 Å². The zero-order chi connectivity index (χ0) is 19.4. The molecule has 3 aromatic rings.